The molecule has 6 heteroatoms. The van der Waals surface area contributed by atoms with E-state index in [1.54, 1.807) is 0 Å². The first-order chi connectivity index (χ1) is 34.5. The standard InChI is InChI=1S/C64H116O6/c1-4-7-10-13-16-19-22-25-28-30-31-32-33-35-36-39-42-45-48-51-54-57-63(66)69-60-61(59-68-62(65)56-53-50-47-44-41-38-27-24-21-18-15-12-9-6-3)70-64(67)58-55-52-49-46-43-40-37-34-29-26-23-20-17-14-11-8-5-2/h8,11,17,20,26,29-31,61H,4-7,9-10,12-16,18-19,21-25,27-28,32-60H2,1-3H3/b11-8-,20-17-,29-26-,31-30-. The van der Waals surface area contributed by atoms with Crippen LogP contribution in [0.15, 0.2) is 48.6 Å². The number of hydrogen-bond acceptors (Lipinski definition) is 6. The maximum absolute atomic E-state index is 12.9. The summed E-state index contributed by atoms with van der Waals surface area (Å²) in [6.45, 7) is 6.56. The fourth-order valence-corrected chi connectivity index (χ4v) is 8.98. The Labute approximate surface area is 435 Å². The van der Waals surface area contributed by atoms with E-state index < -0.39 is 6.10 Å². The highest BCUT2D eigenvalue weighted by Gasteiger charge is 2.19. The summed E-state index contributed by atoms with van der Waals surface area (Å²) in [5, 5.41) is 0. The summed E-state index contributed by atoms with van der Waals surface area (Å²) in [4.78, 5) is 38.2. The van der Waals surface area contributed by atoms with Crippen molar-refractivity contribution in [2.24, 2.45) is 0 Å². The van der Waals surface area contributed by atoms with Crippen LogP contribution in [0.1, 0.15) is 323 Å². The van der Waals surface area contributed by atoms with Gasteiger partial charge in [-0.3, -0.25) is 14.4 Å². The summed E-state index contributed by atoms with van der Waals surface area (Å²) >= 11 is 0. The van der Waals surface area contributed by atoms with E-state index in [9.17, 15) is 14.4 Å². The second kappa shape index (κ2) is 58.9. The second-order valence-electron chi connectivity index (χ2n) is 20.6. The number of hydrogen-bond donors (Lipinski definition) is 0. The number of carbonyl (C=O) groups excluding carboxylic acids is 3. The van der Waals surface area contributed by atoms with Crippen LogP contribution in [0.2, 0.25) is 0 Å². The van der Waals surface area contributed by atoms with E-state index in [4.69, 9.17) is 14.2 Å². The Morgan fingerprint density at radius 1 is 0.300 bits per heavy atom. The number of rotatable bonds is 56. The lowest BCUT2D eigenvalue weighted by Crippen LogP contribution is -2.30. The van der Waals surface area contributed by atoms with Crippen LogP contribution in [-0.4, -0.2) is 37.2 Å². The normalized spacial score (nSPS) is 12.3. The molecule has 1 unspecified atom stereocenters. The lowest BCUT2D eigenvalue weighted by molar-refractivity contribution is -0.167. The van der Waals surface area contributed by atoms with Crippen LogP contribution >= 0.6 is 0 Å². The van der Waals surface area contributed by atoms with Gasteiger partial charge in [-0.1, -0.05) is 275 Å². The highest BCUT2D eigenvalue weighted by Crippen LogP contribution is 2.17. The van der Waals surface area contributed by atoms with Crippen LogP contribution in [0.4, 0.5) is 0 Å². The average molecular weight is 982 g/mol. The first kappa shape index (κ1) is 67.4. The van der Waals surface area contributed by atoms with Gasteiger partial charge < -0.3 is 14.2 Å². The van der Waals surface area contributed by atoms with Crippen molar-refractivity contribution in [1.82, 2.24) is 0 Å². The fourth-order valence-electron chi connectivity index (χ4n) is 8.98. The Balaban J connectivity index is 4.33. The van der Waals surface area contributed by atoms with Crippen LogP contribution in [0.25, 0.3) is 0 Å². The number of unbranched alkanes of at least 4 members (excludes halogenated alkanes) is 37. The van der Waals surface area contributed by atoms with Crippen molar-refractivity contribution in [1.29, 1.82) is 0 Å². The van der Waals surface area contributed by atoms with Crippen LogP contribution in [0.5, 0.6) is 0 Å². The van der Waals surface area contributed by atoms with Crippen LogP contribution in [0.3, 0.4) is 0 Å². The molecule has 0 aromatic heterocycles. The van der Waals surface area contributed by atoms with E-state index in [0.29, 0.717) is 19.3 Å². The van der Waals surface area contributed by atoms with Crippen molar-refractivity contribution in [3.63, 3.8) is 0 Å². The van der Waals surface area contributed by atoms with Gasteiger partial charge in [0.1, 0.15) is 13.2 Å². The van der Waals surface area contributed by atoms with Gasteiger partial charge in [-0.2, -0.15) is 0 Å². The second-order valence-corrected chi connectivity index (χ2v) is 20.6. The van der Waals surface area contributed by atoms with Crippen LogP contribution in [0, 0.1) is 0 Å². The first-order valence-corrected chi connectivity index (χ1v) is 30.6. The topological polar surface area (TPSA) is 78.9 Å². The summed E-state index contributed by atoms with van der Waals surface area (Å²) in [7, 11) is 0. The Morgan fingerprint density at radius 2 is 0.557 bits per heavy atom. The Bertz CT molecular complexity index is 1220. The van der Waals surface area contributed by atoms with E-state index in [1.807, 2.05) is 0 Å². The third-order valence-electron chi connectivity index (χ3n) is 13.6. The Morgan fingerprint density at radius 3 is 0.886 bits per heavy atom. The van der Waals surface area contributed by atoms with Gasteiger partial charge in [0.2, 0.25) is 0 Å². The Kier molecular flexibility index (Phi) is 56.7. The maximum Gasteiger partial charge on any atom is 0.306 e. The van der Waals surface area contributed by atoms with Gasteiger partial charge in [-0.25, -0.2) is 0 Å². The lowest BCUT2D eigenvalue weighted by Gasteiger charge is -2.18. The third kappa shape index (κ3) is 56.3. The Hall–Kier alpha value is -2.63. The van der Waals surface area contributed by atoms with Gasteiger partial charge in [-0.05, 0) is 77.0 Å². The first-order valence-electron chi connectivity index (χ1n) is 30.6. The number of allylic oxidation sites excluding steroid dienone is 8. The molecule has 408 valence electrons. The fraction of sp³-hybridized carbons (Fsp3) is 0.828. The largest absolute Gasteiger partial charge is 0.462 e. The molecule has 0 radical (unpaired) electrons. The molecule has 0 amide bonds. The molecule has 0 saturated heterocycles. The molecule has 0 heterocycles. The smallest absolute Gasteiger partial charge is 0.306 e. The van der Waals surface area contributed by atoms with Gasteiger partial charge in [0.25, 0.3) is 0 Å². The summed E-state index contributed by atoms with van der Waals surface area (Å²) < 4.78 is 16.9. The summed E-state index contributed by atoms with van der Waals surface area (Å²) in [6.07, 6.45) is 72.5. The molecule has 0 aromatic carbocycles. The molecule has 0 aliphatic rings. The van der Waals surface area contributed by atoms with Gasteiger partial charge >= 0.3 is 17.9 Å². The third-order valence-corrected chi connectivity index (χ3v) is 13.6. The zero-order valence-electron chi connectivity index (χ0n) is 46.8. The maximum atomic E-state index is 12.9. The molecule has 0 rings (SSSR count). The molecule has 70 heavy (non-hydrogen) atoms. The van der Waals surface area contributed by atoms with E-state index in [-0.39, 0.29) is 31.1 Å². The van der Waals surface area contributed by atoms with E-state index in [2.05, 4.69) is 69.4 Å². The van der Waals surface area contributed by atoms with Gasteiger partial charge in [0.15, 0.2) is 6.10 Å². The summed E-state index contributed by atoms with van der Waals surface area (Å²) in [5.74, 6) is -0.868. The zero-order valence-corrected chi connectivity index (χ0v) is 46.8. The van der Waals surface area contributed by atoms with Gasteiger partial charge in [0, 0.05) is 19.3 Å². The summed E-state index contributed by atoms with van der Waals surface area (Å²) in [6, 6.07) is 0. The molecular weight excluding hydrogens is 865 g/mol. The number of carbonyl (C=O) groups is 3. The lowest BCUT2D eigenvalue weighted by atomic mass is 10.0. The molecule has 0 aliphatic heterocycles. The molecule has 1 atom stereocenters. The van der Waals surface area contributed by atoms with Crippen molar-refractivity contribution in [2.75, 3.05) is 13.2 Å². The molecule has 0 aliphatic carbocycles. The van der Waals surface area contributed by atoms with Crippen LogP contribution < -0.4 is 0 Å². The minimum Gasteiger partial charge on any atom is -0.462 e. The van der Waals surface area contributed by atoms with E-state index >= 15 is 0 Å². The van der Waals surface area contributed by atoms with Crippen molar-refractivity contribution in [2.45, 2.75) is 329 Å². The highest BCUT2D eigenvalue weighted by atomic mass is 16.6. The van der Waals surface area contributed by atoms with Crippen molar-refractivity contribution >= 4 is 17.9 Å². The molecule has 0 bridgehead atoms. The van der Waals surface area contributed by atoms with E-state index in [0.717, 1.165) is 83.5 Å². The SMILES string of the molecule is CC/C=C\C/C=C\C/C=C\CCCCCCCCCC(=O)OC(COC(=O)CCCCCCCCCCC/C=C\CCCCCCCCCC)COC(=O)CCCCCCCCCCCCCCCC. The van der Waals surface area contributed by atoms with Crippen LogP contribution in [-0.2, 0) is 28.6 Å². The molecular formula is C64H116O6. The van der Waals surface area contributed by atoms with Gasteiger partial charge in [-0.15, -0.1) is 0 Å². The predicted octanol–water partition coefficient (Wildman–Crippen LogP) is 20.6. The van der Waals surface area contributed by atoms with Crippen molar-refractivity contribution in [3.8, 4) is 0 Å². The summed E-state index contributed by atoms with van der Waals surface area (Å²) in [5.41, 5.74) is 0. The quantitative estimate of drug-likeness (QED) is 0.0261. The monoisotopic (exact) mass is 981 g/mol. The van der Waals surface area contributed by atoms with Crippen molar-refractivity contribution in [3.05, 3.63) is 48.6 Å². The molecule has 6 nitrogen and oxygen atoms in total. The van der Waals surface area contributed by atoms with Crippen molar-refractivity contribution < 1.29 is 28.6 Å². The average Bonchev–Trinajstić information content (AvgIpc) is 3.36. The van der Waals surface area contributed by atoms with Gasteiger partial charge in [0.05, 0.1) is 0 Å². The minimum atomic E-state index is -0.777. The molecule has 0 saturated carbocycles. The molecule has 0 spiro atoms. The highest BCUT2D eigenvalue weighted by molar-refractivity contribution is 5.71. The zero-order chi connectivity index (χ0) is 50.7. The molecule has 0 aromatic rings. The predicted molar refractivity (Wildman–Crippen MR) is 302 cm³/mol. The minimum absolute atomic E-state index is 0.0744. The molecule has 0 N–H and O–H groups in total. The number of esters is 3. The van der Waals surface area contributed by atoms with E-state index in [1.165, 1.54) is 199 Å². The molecule has 0 fully saturated rings. The number of ether oxygens (including phenoxy) is 3.